The number of hydrogen-bond acceptors (Lipinski definition) is 5. The smallest absolute Gasteiger partial charge is 0.309 e. The van der Waals surface area contributed by atoms with Gasteiger partial charge in [-0.05, 0) is 38.3 Å². The maximum atomic E-state index is 11.9. The van der Waals surface area contributed by atoms with Crippen LogP contribution in [-0.4, -0.2) is 34.6 Å². The van der Waals surface area contributed by atoms with Crippen LogP contribution in [0.5, 0.6) is 5.75 Å². The van der Waals surface area contributed by atoms with E-state index in [1.165, 1.54) is 0 Å². The van der Waals surface area contributed by atoms with Gasteiger partial charge < -0.3 is 4.18 Å². The fraction of sp³-hybridized carbons (Fsp3) is 0.538. The van der Waals surface area contributed by atoms with Crippen LogP contribution < -0.4 is 4.18 Å². The second kappa shape index (κ2) is 6.13. The zero-order valence-corrected chi connectivity index (χ0v) is 13.8. The van der Waals surface area contributed by atoms with Crippen LogP contribution in [0.2, 0.25) is 0 Å². The molecule has 0 unspecified atom stereocenters. The first-order valence-corrected chi connectivity index (χ1v) is 9.82. The summed E-state index contributed by atoms with van der Waals surface area (Å²) in [6.45, 7) is 5.48. The molecule has 1 aromatic carbocycles. The summed E-state index contributed by atoms with van der Waals surface area (Å²) >= 11 is 0. The van der Waals surface area contributed by atoms with E-state index in [1.54, 1.807) is 13.8 Å². The Bertz CT molecular complexity index is 664. The largest absolute Gasteiger partial charge is 0.382 e. The molecule has 0 bridgehead atoms. The van der Waals surface area contributed by atoms with E-state index in [0.717, 1.165) is 22.9 Å². The zero-order valence-electron chi connectivity index (χ0n) is 12.1. The molecule has 0 amide bonds. The third-order valence-corrected chi connectivity index (χ3v) is 4.96. The predicted octanol–water partition coefficient (Wildman–Crippen LogP) is 1.76. The molecule has 0 aliphatic rings. The minimum atomic E-state index is -3.78. The summed E-state index contributed by atoms with van der Waals surface area (Å²) in [7, 11) is -6.94. The number of sulfone groups is 1. The molecule has 0 heterocycles. The lowest BCUT2D eigenvalue weighted by Crippen LogP contribution is -2.17. The second-order valence-electron chi connectivity index (χ2n) is 5.06. The molecule has 0 radical (unpaired) electrons. The Balaban J connectivity index is 2.82. The fourth-order valence-corrected chi connectivity index (χ4v) is 3.91. The summed E-state index contributed by atoms with van der Waals surface area (Å²) in [5.41, 5.74) is 2.52. The Morgan fingerprint density at radius 2 is 1.45 bits per heavy atom. The lowest BCUT2D eigenvalue weighted by molar-refractivity contribution is 0.481. The molecule has 20 heavy (non-hydrogen) atoms. The minimum Gasteiger partial charge on any atom is -0.382 e. The maximum absolute atomic E-state index is 11.9. The highest BCUT2D eigenvalue weighted by molar-refractivity contribution is 7.90. The quantitative estimate of drug-likeness (QED) is 0.746. The monoisotopic (exact) mass is 320 g/mol. The first kappa shape index (κ1) is 17.0. The lowest BCUT2D eigenvalue weighted by atomic mass is 10.1. The molecular formula is C13H20O5S2. The highest BCUT2D eigenvalue weighted by atomic mass is 32.2. The third-order valence-electron chi connectivity index (χ3n) is 2.72. The average molecular weight is 320 g/mol. The molecule has 0 saturated heterocycles. The van der Waals surface area contributed by atoms with Crippen LogP contribution in [0.4, 0.5) is 0 Å². The van der Waals surface area contributed by atoms with Crippen molar-refractivity contribution in [1.82, 2.24) is 0 Å². The SMILES string of the molecule is Cc1cc(C)c(OS(=O)(=O)CCCS(C)(=O)=O)c(C)c1. The summed E-state index contributed by atoms with van der Waals surface area (Å²) < 4.78 is 50.8. The van der Waals surface area contributed by atoms with Crippen molar-refractivity contribution < 1.29 is 21.0 Å². The summed E-state index contributed by atoms with van der Waals surface area (Å²) in [4.78, 5) is 0. The molecule has 0 aliphatic carbocycles. The van der Waals surface area contributed by atoms with Crippen molar-refractivity contribution in [2.45, 2.75) is 27.2 Å². The summed E-state index contributed by atoms with van der Waals surface area (Å²) in [6.07, 6.45) is 1.11. The van der Waals surface area contributed by atoms with Crippen molar-refractivity contribution in [3.05, 3.63) is 28.8 Å². The van der Waals surface area contributed by atoms with Crippen molar-refractivity contribution in [3.63, 3.8) is 0 Å². The molecule has 0 aliphatic heterocycles. The van der Waals surface area contributed by atoms with Gasteiger partial charge in [0.25, 0.3) is 0 Å². The van der Waals surface area contributed by atoms with E-state index in [1.807, 2.05) is 19.1 Å². The molecular weight excluding hydrogens is 300 g/mol. The van der Waals surface area contributed by atoms with Gasteiger partial charge in [-0.15, -0.1) is 0 Å². The van der Waals surface area contributed by atoms with Gasteiger partial charge in [0.2, 0.25) is 0 Å². The molecule has 0 N–H and O–H groups in total. The van der Waals surface area contributed by atoms with Crippen LogP contribution in [0.25, 0.3) is 0 Å². The number of aryl methyl sites for hydroxylation is 3. The molecule has 0 saturated carbocycles. The van der Waals surface area contributed by atoms with Crippen LogP contribution in [0.3, 0.4) is 0 Å². The number of benzene rings is 1. The van der Waals surface area contributed by atoms with Crippen molar-refractivity contribution >= 4 is 20.0 Å². The molecule has 7 heteroatoms. The molecule has 0 aromatic heterocycles. The van der Waals surface area contributed by atoms with Gasteiger partial charge >= 0.3 is 10.1 Å². The van der Waals surface area contributed by atoms with E-state index in [9.17, 15) is 16.8 Å². The standard InChI is InChI=1S/C13H20O5S2/c1-10-8-11(2)13(12(3)9-10)18-20(16,17)7-5-6-19(4,14)15/h8-9H,5-7H2,1-4H3. The normalized spacial score (nSPS) is 12.4. The zero-order chi connectivity index (χ0) is 15.6. The van der Waals surface area contributed by atoms with Crippen LogP contribution >= 0.6 is 0 Å². The highest BCUT2D eigenvalue weighted by Gasteiger charge is 2.17. The van der Waals surface area contributed by atoms with Crippen molar-refractivity contribution in [1.29, 1.82) is 0 Å². The molecule has 0 fully saturated rings. The first-order chi connectivity index (χ1) is 9.00. The van der Waals surface area contributed by atoms with Gasteiger partial charge in [0.05, 0.1) is 11.5 Å². The van der Waals surface area contributed by atoms with E-state index < -0.39 is 20.0 Å². The van der Waals surface area contributed by atoms with E-state index in [2.05, 4.69) is 0 Å². The highest BCUT2D eigenvalue weighted by Crippen LogP contribution is 2.26. The maximum Gasteiger partial charge on any atom is 0.309 e. The van der Waals surface area contributed by atoms with E-state index in [0.29, 0.717) is 5.75 Å². The van der Waals surface area contributed by atoms with E-state index >= 15 is 0 Å². The lowest BCUT2D eigenvalue weighted by Gasteiger charge is -2.12. The van der Waals surface area contributed by atoms with Crippen molar-refractivity contribution in [3.8, 4) is 5.75 Å². The van der Waals surface area contributed by atoms with Gasteiger partial charge in [-0.1, -0.05) is 17.7 Å². The molecule has 0 spiro atoms. The molecule has 114 valence electrons. The van der Waals surface area contributed by atoms with Crippen LogP contribution in [0, 0.1) is 20.8 Å². The Hall–Kier alpha value is -1.08. The fourth-order valence-electron chi connectivity index (χ4n) is 1.96. The number of rotatable bonds is 6. The van der Waals surface area contributed by atoms with Gasteiger partial charge in [0.15, 0.2) is 0 Å². The topological polar surface area (TPSA) is 77.5 Å². The van der Waals surface area contributed by atoms with Gasteiger partial charge in [-0.25, -0.2) is 8.42 Å². The van der Waals surface area contributed by atoms with E-state index in [-0.39, 0.29) is 17.9 Å². The van der Waals surface area contributed by atoms with Crippen molar-refractivity contribution in [2.24, 2.45) is 0 Å². The molecule has 5 nitrogen and oxygen atoms in total. The third kappa shape index (κ3) is 5.50. The summed E-state index contributed by atoms with van der Waals surface area (Å²) in [6, 6.07) is 3.68. The van der Waals surface area contributed by atoms with E-state index in [4.69, 9.17) is 4.18 Å². The predicted molar refractivity (Wildman–Crippen MR) is 79.4 cm³/mol. The van der Waals surface area contributed by atoms with Gasteiger partial charge in [0.1, 0.15) is 15.6 Å². The Labute approximate surface area is 121 Å². The molecule has 1 rings (SSSR count). The Morgan fingerprint density at radius 3 is 1.90 bits per heavy atom. The summed E-state index contributed by atoms with van der Waals surface area (Å²) in [5.74, 6) is -0.149. The summed E-state index contributed by atoms with van der Waals surface area (Å²) in [5, 5.41) is 0. The first-order valence-electron chi connectivity index (χ1n) is 6.18. The second-order valence-corrected chi connectivity index (χ2v) is 9.01. The minimum absolute atomic E-state index is 0.0329. The molecule has 1 aromatic rings. The van der Waals surface area contributed by atoms with Crippen LogP contribution in [0.1, 0.15) is 23.1 Å². The van der Waals surface area contributed by atoms with Crippen molar-refractivity contribution in [2.75, 3.05) is 17.8 Å². The number of hydrogen-bond donors (Lipinski definition) is 0. The van der Waals surface area contributed by atoms with Gasteiger partial charge in [-0.2, -0.15) is 8.42 Å². The van der Waals surface area contributed by atoms with Gasteiger partial charge in [-0.3, -0.25) is 0 Å². The molecule has 0 atom stereocenters. The van der Waals surface area contributed by atoms with Gasteiger partial charge in [0, 0.05) is 6.26 Å². The Morgan fingerprint density at radius 1 is 0.950 bits per heavy atom. The van der Waals surface area contributed by atoms with Crippen LogP contribution in [0.15, 0.2) is 12.1 Å². The Kier molecular flexibility index (Phi) is 5.21. The average Bonchev–Trinajstić information content (AvgIpc) is 2.21. The van der Waals surface area contributed by atoms with Crippen LogP contribution in [-0.2, 0) is 20.0 Å².